The Morgan fingerprint density at radius 3 is 2.00 bits per heavy atom. The van der Waals surface area contributed by atoms with Crippen LogP contribution >= 0.6 is 0 Å². The highest BCUT2D eigenvalue weighted by molar-refractivity contribution is 5.88. The first-order chi connectivity index (χ1) is 11.6. The molecular formula is C20H25N3O. The van der Waals surface area contributed by atoms with E-state index in [-0.39, 0.29) is 5.91 Å². The van der Waals surface area contributed by atoms with Crippen LogP contribution in [0.25, 0.3) is 11.1 Å². The van der Waals surface area contributed by atoms with Gasteiger partial charge in [-0.2, -0.15) is 0 Å². The molecule has 2 aromatic carbocycles. The van der Waals surface area contributed by atoms with Crippen LogP contribution in [-0.2, 0) is 11.3 Å². The van der Waals surface area contributed by atoms with Crippen LogP contribution in [0, 0.1) is 0 Å². The normalized spacial score (nSPS) is 16.1. The number of piperazine rings is 1. The van der Waals surface area contributed by atoms with Crippen molar-refractivity contribution < 1.29 is 4.79 Å². The van der Waals surface area contributed by atoms with E-state index in [1.54, 1.807) is 0 Å². The number of amides is 1. The Morgan fingerprint density at radius 1 is 0.917 bits per heavy atom. The van der Waals surface area contributed by atoms with Gasteiger partial charge in [0, 0.05) is 45.3 Å². The number of nitrogens with zero attached hydrogens (tertiary/aromatic N) is 2. The third kappa shape index (κ3) is 4.43. The Hall–Kier alpha value is -2.17. The highest BCUT2D eigenvalue weighted by Crippen LogP contribution is 2.22. The van der Waals surface area contributed by atoms with Gasteiger partial charge in [0.15, 0.2) is 0 Å². The van der Waals surface area contributed by atoms with Crippen molar-refractivity contribution >= 4 is 11.6 Å². The zero-order chi connectivity index (χ0) is 16.9. The minimum atomic E-state index is -0.0454. The molecule has 1 aliphatic heterocycles. The van der Waals surface area contributed by atoms with Crippen molar-refractivity contribution in [2.45, 2.75) is 13.5 Å². The summed E-state index contributed by atoms with van der Waals surface area (Å²) in [5.74, 6) is -0.0454. The van der Waals surface area contributed by atoms with Gasteiger partial charge in [0.25, 0.3) is 0 Å². The molecule has 0 saturated carbocycles. The molecular weight excluding hydrogens is 298 g/mol. The van der Waals surface area contributed by atoms with Crippen molar-refractivity contribution in [1.29, 1.82) is 0 Å². The maximum absolute atomic E-state index is 11.1. The van der Waals surface area contributed by atoms with Gasteiger partial charge in [-0.25, -0.2) is 0 Å². The SMILES string of the molecule is CC(=O)Nc1ccc(-c2ccc(CN3CCN(C)CC3)cc2)cc1. The van der Waals surface area contributed by atoms with Gasteiger partial charge in [-0.1, -0.05) is 36.4 Å². The van der Waals surface area contributed by atoms with Crippen molar-refractivity contribution in [3.63, 3.8) is 0 Å². The smallest absolute Gasteiger partial charge is 0.221 e. The molecule has 1 amide bonds. The van der Waals surface area contributed by atoms with Gasteiger partial charge in [0.1, 0.15) is 0 Å². The monoisotopic (exact) mass is 323 g/mol. The largest absolute Gasteiger partial charge is 0.326 e. The number of nitrogens with one attached hydrogen (secondary N) is 1. The summed E-state index contributed by atoms with van der Waals surface area (Å²) in [6.45, 7) is 7.13. The number of benzene rings is 2. The molecule has 0 atom stereocenters. The maximum Gasteiger partial charge on any atom is 0.221 e. The summed E-state index contributed by atoms with van der Waals surface area (Å²) >= 11 is 0. The fourth-order valence-corrected chi connectivity index (χ4v) is 3.02. The molecule has 0 bridgehead atoms. The number of carbonyl (C=O) groups excluding carboxylic acids is 1. The highest BCUT2D eigenvalue weighted by atomic mass is 16.1. The van der Waals surface area contributed by atoms with Crippen LogP contribution in [0.5, 0.6) is 0 Å². The molecule has 24 heavy (non-hydrogen) atoms. The molecule has 4 nitrogen and oxygen atoms in total. The van der Waals surface area contributed by atoms with Crippen molar-refractivity contribution in [1.82, 2.24) is 9.80 Å². The van der Waals surface area contributed by atoms with E-state index in [0.717, 1.165) is 44.0 Å². The maximum atomic E-state index is 11.1. The Balaban J connectivity index is 1.62. The van der Waals surface area contributed by atoms with Gasteiger partial charge >= 0.3 is 0 Å². The van der Waals surface area contributed by atoms with Crippen LogP contribution in [0.3, 0.4) is 0 Å². The van der Waals surface area contributed by atoms with Gasteiger partial charge < -0.3 is 10.2 Å². The van der Waals surface area contributed by atoms with Gasteiger partial charge in [-0.05, 0) is 35.9 Å². The molecule has 1 fully saturated rings. The fraction of sp³-hybridized carbons (Fsp3) is 0.350. The molecule has 3 rings (SSSR count). The summed E-state index contributed by atoms with van der Waals surface area (Å²) in [5.41, 5.74) is 4.55. The third-order valence-electron chi connectivity index (χ3n) is 4.49. The second kappa shape index (κ2) is 7.60. The van der Waals surface area contributed by atoms with Crippen LogP contribution in [0.4, 0.5) is 5.69 Å². The molecule has 0 spiro atoms. The van der Waals surface area contributed by atoms with E-state index in [4.69, 9.17) is 0 Å². The number of likely N-dealkylation sites (N-methyl/N-ethyl adjacent to an activating group) is 1. The Bertz CT molecular complexity index is 671. The van der Waals surface area contributed by atoms with Crippen molar-refractivity contribution in [2.75, 3.05) is 38.5 Å². The Labute approximate surface area is 144 Å². The van der Waals surface area contributed by atoms with E-state index in [9.17, 15) is 4.79 Å². The summed E-state index contributed by atoms with van der Waals surface area (Å²) in [4.78, 5) is 16.0. The van der Waals surface area contributed by atoms with Crippen molar-refractivity contribution in [3.05, 3.63) is 54.1 Å². The first-order valence-electron chi connectivity index (χ1n) is 8.48. The van der Waals surface area contributed by atoms with E-state index in [1.165, 1.54) is 18.1 Å². The molecule has 0 aliphatic carbocycles. The standard InChI is InChI=1S/C20H25N3O/c1-16(24)21-20-9-7-19(8-10-20)18-5-3-17(4-6-18)15-23-13-11-22(2)12-14-23/h3-10H,11-15H2,1-2H3,(H,21,24). The van der Waals surface area contributed by atoms with E-state index in [1.807, 2.05) is 24.3 Å². The first-order valence-corrected chi connectivity index (χ1v) is 8.48. The predicted octanol–water partition coefficient (Wildman–Crippen LogP) is 3.06. The van der Waals surface area contributed by atoms with Crippen LogP contribution in [0.2, 0.25) is 0 Å². The number of hydrogen-bond acceptors (Lipinski definition) is 3. The molecule has 1 aliphatic rings. The fourth-order valence-electron chi connectivity index (χ4n) is 3.02. The van der Waals surface area contributed by atoms with Crippen LogP contribution in [0.15, 0.2) is 48.5 Å². The van der Waals surface area contributed by atoms with Crippen LogP contribution < -0.4 is 5.32 Å². The van der Waals surface area contributed by atoms with Gasteiger partial charge in [-0.15, -0.1) is 0 Å². The summed E-state index contributed by atoms with van der Waals surface area (Å²) in [5, 5.41) is 2.79. The highest BCUT2D eigenvalue weighted by Gasteiger charge is 2.13. The van der Waals surface area contributed by atoms with Crippen molar-refractivity contribution in [2.24, 2.45) is 0 Å². The van der Waals surface area contributed by atoms with Crippen LogP contribution in [-0.4, -0.2) is 48.9 Å². The second-order valence-electron chi connectivity index (χ2n) is 6.53. The number of carbonyl (C=O) groups is 1. The molecule has 0 unspecified atom stereocenters. The quantitative estimate of drug-likeness (QED) is 0.939. The molecule has 0 aromatic heterocycles. The van der Waals surface area contributed by atoms with E-state index < -0.39 is 0 Å². The second-order valence-corrected chi connectivity index (χ2v) is 6.53. The number of hydrogen-bond donors (Lipinski definition) is 1. The zero-order valence-electron chi connectivity index (χ0n) is 14.5. The first kappa shape index (κ1) is 16.7. The molecule has 1 saturated heterocycles. The number of anilines is 1. The number of rotatable bonds is 4. The molecule has 1 heterocycles. The lowest BCUT2D eigenvalue weighted by molar-refractivity contribution is -0.114. The molecule has 4 heteroatoms. The Kier molecular flexibility index (Phi) is 5.28. The summed E-state index contributed by atoms with van der Waals surface area (Å²) in [6.07, 6.45) is 0. The molecule has 2 aromatic rings. The lowest BCUT2D eigenvalue weighted by Gasteiger charge is -2.32. The van der Waals surface area contributed by atoms with E-state index >= 15 is 0 Å². The van der Waals surface area contributed by atoms with Crippen molar-refractivity contribution in [3.8, 4) is 11.1 Å². The summed E-state index contributed by atoms with van der Waals surface area (Å²) in [6, 6.07) is 16.8. The van der Waals surface area contributed by atoms with Gasteiger partial charge in [-0.3, -0.25) is 9.69 Å². The minimum Gasteiger partial charge on any atom is -0.326 e. The average Bonchev–Trinajstić information content (AvgIpc) is 2.58. The zero-order valence-corrected chi connectivity index (χ0v) is 14.5. The van der Waals surface area contributed by atoms with E-state index in [0.29, 0.717) is 0 Å². The topological polar surface area (TPSA) is 35.6 Å². The average molecular weight is 323 g/mol. The molecule has 1 N–H and O–H groups in total. The van der Waals surface area contributed by atoms with E-state index in [2.05, 4.69) is 46.4 Å². The van der Waals surface area contributed by atoms with Crippen LogP contribution in [0.1, 0.15) is 12.5 Å². The van der Waals surface area contributed by atoms with Gasteiger partial charge in [0.05, 0.1) is 0 Å². The summed E-state index contributed by atoms with van der Waals surface area (Å²) < 4.78 is 0. The molecule has 126 valence electrons. The predicted molar refractivity (Wildman–Crippen MR) is 99.0 cm³/mol. The molecule has 0 radical (unpaired) electrons. The lowest BCUT2D eigenvalue weighted by atomic mass is 10.0. The lowest BCUT2D eigenvalue weighted by Crippen LogP contribution is -2.43. The third-order valence-corrected chi connectivity index (χ3v) is 4.49. The van der Waals surface area contributed by atoms with Gasteiger partial charge in [0.2, 0.25) is 5.91 Å². The minimum absolute atomic E-state index is 0.0454. The summed E-state index contributed by atoms with van der Waals surface area (Å²) in [7, 11) is 2.18. The Morgan fingerprint density at radius 2 is 1.46 bits per heavy atom.